The summed E-state index contributed by atoms with van der Waals surface area (Å²) in [6.07, 6.45) is 9.81. The van der Waals surface area contributed by atoms with E-state index < -0.39 is 0 Å². The normalized spacial score (nSPS) is 25.6. The van der Waals surface area contributed by atoms with E-state index in [0.29, 0.717) is 17.8 Å². The highest BCUT2D eigenvalue weighted by molar-refractivity contribution is 5.92. The molecule has 2 aliphatic rings. The number of nitrogens with zero attached hydrogens (tertiary/aromatic N) is 3. The summed E-state index contributed by atoms with van der Waals surface area (Å²) in [5.41, 5.74) is 0.456. The van der Waals surface area contributed by atoms with Crippen LogP contribution in [-0.2, 0) is 0 Å². The molecule has 3 rings (SSSR count). The van der Waals surface area contributed by atoms with Gasteiger partial charge in [-0.2, -0.15) is 0 Å². The van der Waals surface area contributed by atoms with E-state index in [4.69, 9.17) is 0 Å². The summed E-state index contributed by atoms with van der Waals surface area (Å²) >= 11 is 0. The van der Waals surface area contributed by atoms with Crippen molar-refractivity contribution in [2.24, 2.45) is 5.92 Å². The minimum Gasteiger partial charge on any atom is -0.348 e. The topological polar surface area (TPSA) is 71.8 Å². The van der Waals surface area contributed by atoms with Crippen LogP contribution in [0.15, 0.2) is 6.20 Å². The largest absolute Gasteiger partial charge is 0.348 e. The molecule has 2 N–H and O–H groups in total. The first-order chi connectivity index (χ1) is 10.8. The third kappa shape index (κ3) is 4.67. The number of rotatable bonds is 4. The van der Waals surface area contributed by atoms with Gasteiger partial charge in [0, 0.05) is 6.04 Å². The number of hydrogen-bond donors (Lipinski definition) is 2. The molecule has 0 aromatic carbocycles. The van der Waals surface area contributed by atoms with Gasteiger partial charge in [0.1, 0.15) is 0 Å². The first-order valence-corrected chi connectivity index (χ1v) is 8.69. The quantitative estimate of drug-likeness (QED) is 0.881. The van der Waals surface area contributed by atoms with Crippen LogP contribution in [0.4, 0.5) is 0 Å². The molecule has 2 fully saturated rings. The fourth-order valence-corrected chi connectivity index (χ4v) is 3.68. The Morgan fingerprint density at radius 2 is 2.13 bits per heavy atom. The average molecular weight is 342 g/mol. The zero-order valence-electron chi connectivity index (χ0n) is 13.8. The summed E-state index contributed by atoms with van der Waals surface area (Å²) in [5.74, 6) is 0.686. The van der Waals surface area contributed by atoms with Crippen molar-refractivity contribution < 1.29 is 4.79 Å². The summed E-state index contributed by atoms with van der Waals surface area (Å²) < 4.78 is 1.87. The van der Waals surface area contributed by atoms with Crippen LogP contribution in [0, 0.1) is 5.92 Å². The summed E-state index contributed by atoms with van der Waals surface area (Å²) in [4.78, 5) is 12.4. The van der Waals surface area contributed by atoms with Crippen LogP contribution >= 0.6 is 12.4 Å². The summed E-state index contributed by atoms with van der Waals surface area (Å²) in [6, 6.07) is 0.671. The SMILES string of the molecule is CCC1CCCC(NC(=O)c2cn(C3CCNCC3)nn2)C1.Cl. The molecule has 1 saturated heterocycles. The lowest BCUT2D eigenvalue weighted by Gasteiger charge is -2.28. The van der Waals surface area contributed by atoms with Crippen molar-refractivity contribution >= 4 is 18.3 Å². The van der Waals surface area contributed by atoms with E-state index in [0.717, 1.165) is 44.7 Å². The lowest BCUT2D eigenvalue weighted by molar-refractivity contribution is 0.0914. The maximum absolute atomic E-state index is 12.4. The predicted octanol–water partition coefficient (Wildman–Crippen LogP) is 2.32. The number of aromatic nitrogens is 3. The highest BCUT2D eigenvalue weighted by Gasteiger charge is 2.24. The Kier molecular flexibility index (Phi) is 6.84. The molecule has 1 saturated carbocycles. The molecule has 6 nitrogen and oxygen atoms in total. The number of carbonyl (C=O) groups is 1. The minimum absolute atomic E-state index is 0. The van der Waals surface area contributed by atoms with Gasteiger partial charge in [-0.25, -0.2) is 4.68 Å². The number of piperidine rings is 1. The smallest absolute Gasteiger partial charge is 0.273 e. The Bertz CT molecular complexity index is 500. The third-order valence-electron chi connectivity index (χ3n) is 5.12. The second kappa shape index (κ2) is 8.64. The second-order valence-electron chi connectivity index (χ2n) is 6.68. The number of nitrogens with one attached hydrogen (secondary N) is 2. The molecule has 0 radical (unpaired) electrons. The van der Waals surface area contributed by atoms with Gasteiger partial charge in [0.25, 0.3) is 5.91 Å². The molecule has 0 bridgehead atoms. The number of hydrogen-bond acceptors (Lipinski definition) is 4. The summed E-state index contributed by atoms with van der Waals surface area (Å²) in [7, 11) is 0. The summed E-state index contributed by atoms with van der Waals surface area (Å²) in [6.45, 7) is 4.25. The van der Waals surface area contributed by atoms with E-state index >= 15 is 0 Å². The molecule has 2 heterocycles. The first-order valence-electron chi connectivity index (χ1n) is 8.69. The molecule has 2 atom stereocenters. The first kappa shape index (κ1) is 18.2. The maximum atomic E-state index is 12.4. The van der Waals surface area contributed by atoms with E-state index in [9.17, 15) is 4.79 Å². The van der Waals surface area contributed by atoms with Crippen molar-refractivity contribution in [3.63, 3.8) is 0 Å². The van der Waals surface area contributed by atoms with Gasteiger partial charge in [-0.15, -0.1) is 17.5 Å². The van der Waals surface area contributed by atoms with Gasteiger partial charge in [-0.05, 0) is 44.7 Å². The predicted molar refractivity (Wildman–Crippen MR) is 91.9 cm³/mol. The van der Waals surface area contributed by atoms with Crippen molar-refractivity contribution in [1.82, 2.24) is 25.6 Å². The minimum atomic E-state index is -0.0677. The van der Waals surface area contributed by atoms with Crippen LogP contribution in [0.2, 0.25) is 0 Å². The van der Waals surface area contributed by atoms with Crippen molar-refractivity contribution in [2.75, 3.05) is 13.1 Å². The molecule has 1 amide bonds. The van der Waals surface area contributed by atoms with E-state index in [1.165, 1.54) is 19.3 Å². The Hall–Kier alpha value is -1.14. The van der Waals surface area contributed by atoms with Gasteiger partial charge >= 0.3 is 0 Å². The second-order valence-corrected chi connectivity index (χ2v) is 6.68. The number of amides is 1. The fraction of sp³-hybridized carbons (Fsp3) is 0.812. The zero-order chi connectivity index (χ0) is 15.4. The monoisotopic (exact) mass is 341 g/mol. The molecule has 0 spiro atoms. The number of halogens is 1. The van der Waals surface area contributed by atoms with Gasteiger partial charge in [0.05, 0.1) is 12.2 Å². The van der Waals surface area contributed by atoms with Gasteiger partial charge in [0.2, 0.25) is 0 Å². The maximum Gasteiger partial charge on any atom is 0.273 e. The van der Waals surface area contributed by atoms with E-state index in [1.807, 2.05) is 10.9 Å². The van der Waals surface area contributed by atoms with Gasteiger partial charge < -0.3 is 10.6 Å². The standard InChI is InChI=1S/C16H27N5O.ClH/c1-2-12-4-3-5-13(10-12)18-16(22)15-11-21(20-19-15)14-6-8-17-9-7-14;/h11-14,17H,2-10H2,1H3,(H,18,22);1H. The van der Waals surface area contributed by atoms with E-state index in [2.05, 4.69) is 27.9 Å². The summed E-state index contributed by atoms with van der Waals surface area (Å²) in [5, 5.41) is 14.7. The molecule has 130 valence electrons. The van der Waals surface area contributed by atoms with Crippen LogP contribution in [0.25, 0.3) is 0 Å². The zero-order valence-corrected chi connectivity index (χ0v) is 14.6. The Morgan fingerprint density at radius 3 is 2.87 bits per heavy atom. The van der Waals surface area contributed by atoms with Gasteiger partial charge in [-0.1, -0.05) is 31.4 Å². The molecule has 1 aliphatic heterocycles. The lowest BCUT2D eigenvalue weighted by atomic mass is 9.84. The highest BCUT2D eigenvalue weighted by atomic mass is 35.5. The van der Waals surface area contributed by atoms with Gasteiger partial charge in [-0.3, -0.25) is 4.79 Å². The highest BCUT2D eigenvalue weighted by Crippen LogP contribution is 2.26. The average Bonchev–Trinajstić information content (AvgIpc) is 3.06. The fourth-order valence-electron chi connectivity index (χ4n) is 3.68. The van der Waals surface area contributed by atoms with E-state index in [-0.39, 0.29) is 18.3 Å². The lowest BCUT2D eigenvalue weighted by Crippen LogP contribution is -2.38. The molecule has 1 aromatic heterocycles. The molecule has 1 aromatic rings. The molecule has 7 heteroatoms. The van der Waals surface area contributed by atoms with Crippen molar-refractivity contribution in [3.8, 4) is 0 Å². The number of carbonyl (C=O) groups excluding carboxylic acids is 1. The molecule has 1 aliphatic carbocycles. The Balaban J connectivity index is 0.00000192. The van der Waals surface area contributed by atoms with Crippen LogP contribution in [0.5, 0.6) is 0 Å². The van der Waals surface area contributed by atoms with Crippen molar-refractivity contribution in [3.05, 3.63) is 11.9 Å². The van der Waals surface area contributed by atoms with Crippen LogP contribution < -0.4 is 10.6 Å². The van der Waals surface area contributed by atoms with Crippen molar-refractivity contribution in [2.45, 2.75) is 64.0 Å². The Morgan fingerprint density at radius 1 is 1.35 bits per heavy atom. The van der Waals surface area contributed by atoms with Crippen LogP contribution in [0.1, 0.15) is 68.4 Å². The van der Waals surface area contributed by atoms with Crippen molar-refractivity contribution in [1.29, 1.82) is 0 Å². The molecular formula is C16H28ClN5O. The van der Waals surface area contributed by atoms with Gasteiger partial charge in [0.15, 0.2) is 5.69 Å². The molecular weight excluding hydrogens is 314 g/mol. The van der Waals surface area contributed by atoms with Crippen LogP contribution in [-0.4, -0.2) is 40.0 Å². The van der Waals surface area contributed by atoms with E-state index in [1.54, 1.807) is 0 Å². The van der Waals surface area contributed by atoms with Crippen LogP contribution in [0.3, 0.4) is 0 Å². The third-order valence-corrected chi connectivity index (χ3v) is 5.12. The Labute approximate surface area is 144 Å². The molecule has 23 heavy (non-hydrogen) atoms. The molecule has 2 unspecified atom stereocenters.